The first-order valence-electron chi connectivity index (χ1n) is 10.8. The van der Waals surface area contributed by atoms with Crippen LogP contribution in [0.5, 0.6) is 0 Å². The average molecular weight is 459 g/mol. The molecule has 178 valence electrons. The van der Waals surface area contributed by atoms with E-state index in [1.807, 2.05) is 30.3 Å². The Labute approximate surface area is 193 Å². The number of halogens is 1. The maximum atomic E-state index is 13.5. The Morgan fingerprint density at radius 2 is 1.64 bits per heavy atom. The molecule has 0 saturated heterocycles. The maximum absolute atomic E-state index is 13.5. The van der Waals surface area contributed by atoms with E-state index in [2.05, 4.69) is 5.32 Å². The number of amides is 2. The SMILES string of the molecule is CCOC(=O)CN(Cc1ccccc1)C(=O)[C@@H](Cc1ccc(F)cc1)NC(=O)OC(C)(C)C. The molecule has 2 aromatic carbocycles. The summed E-state index contributed by atoms with van der Waals surface area (Å²) in [5.41, 5.74) is 0.692. The van der Waals surface area contributed by atoms with Crippen LogP contribution in [0.3, 0.4) is 0 Å². The molecule has 0 fully saturated rings. The van der Waals surface area contributed by atoms with Crippen molar-refractivity contribution in [1.82, 2.24) is 10.2 Å². The van der Waals surface area contributed by atoms with E-state index < -0.39 is 35.4 Å². The Bertz CT molecular complexity index is 926. The monoisotopic (exact) mass is 458 g/mol. The molecule has 8 heteroatoms. The minimum atomic E-state index is -1.04. The van der Waals surface area contributed by atoms with E-state index in [0.717, 1.165) is 5.56 Å². The zero-order valence-electron chi connectivity index (χ0n) is 19.5. The van der Waals surface area contributed by atoms with Gasteiger partial charge in [0.05, 0.1) is 6.61 Å². The van der Waals surface area contributed by atoms with Gasteiger partial charge >= 0.3 is 12.1 Å². The third-order valence-corrected chi connectivity index (χ3v) is 4.50. The fourth-order valence-corrected chi connectivity index (χ4v) is 3.10. The number of ether oxygens (including phenoxy) is 2. The van der Waals surface area contributed by atoms with Crippen molar-refractivity contribution in [2.75, 3.05) is 13.2 Å². The highest BCUT2D eigenvalue weighted by Crippen LogP contribution is 2.13. The fraction of sp³-hybridized carbons (Fsp3) is 0.400. The number of hydrogen-bond acceptors (Lipinski definition) is 5. The van der Waals surface area contributed by atoms with E-state index >= 15 is 0 Å². The first-order valence-corrected chi connectivity index (χ1v) is 10.8. The Kier molecular flexibility index (Phi) is 9.39. The number of alkyl carbamates (subject to hydrolysis) is 1. The lowest BCUT2D eigenvalue weighted by Crippen LogP contribution is -2.51. The molecule has 0 aliphatic heterocycles. The van der Waals surface area contributed by atoms with Gasteiger partial charge in [-0.05, 0) is 51.0 Å². The topological polar surface area (TPSA) is 84.9 Å². The summed E-state index contributed by atoms with van der Waals surface area (Å²) in [5, 5.41) is 2.61. The van der Waals surface area contributed by atoms with Crippen LogP contribution in [0.25, 0.3) is 0 Å². The summed E-state index contributed by atoms with van der Waals surface area (Å²) >= 11 is 0. The van der Waals surface area contributed by atoms with Crippen molar-refractivity contribution >= 4 is 18.0 Å². The highest BCUT2D eigenvalue weighted by Gasteiger charge is 2.30. The standard InChI is InChI=1S/C25H31FN2O5/c1-5-32-22(29)17-28(16-19-9-7-6-8-10-19)23(30)21(27-24(31)33-25(2,3)4)15-18-11-13-20(26)14-12-18/h6-14,21H,5,15-17H2,1-4H3,(H,27,31)/t21-/m1/s1. The van der Waals surface area contributed by atoms with Gasteiger partial charge in [-0.15, -0.1) is 0 Å². The Morgan fingerprint density at radius 1 is 1.00 bits per heavy atom. The first-order chi connectivity index (χ1) is 15.6. The molecule has 7 nitrogen and oxygen atoms in total. The Morgan fingerprint density at radius 3 is 2.21 bits per heavy atom. The van der Waals surface area contributed by atoms with Gasteiger partial charge in [0.2, 0.25) is 5.91 Å². The van der Waals surface area contributed by atoms with E-state index in [0.29, 0.717) is 5.56 Å². The van der Waals surface area contributed by atoms with Crippen LogP contribution < -0.4 is 5.32 Å². The molecule has 0 bridgehead atoms. The zero-order valence-corrected chi connectivity index (χ0v) is 19.5. The Hall–Kier alpha value is -3.42. The lowest BCUT2D eigenvalue weighted by Gasteiger charge is -2.28. The van der Waals surface area contributed by atoms with E-state index in [-0.39, 0.29) is 26.1 Å². The second-order valence-electron chi connectivity index (χ2n) is 8.51. The van der Waals surface area contributed by atoms with Crippen LogP contribution in [0.4, 0.5) is 9.18 Å². The molecule has 0 spiro atoms. The molecule has 2 amide bonds. The van der Waals surface area contributed by atoms with E-state index in [4.69, 9.17) is 9.47 Å². The maximum Gasteiger partial charge on any atom is 0.408 e. The van der Waals surface area contributed by atoms with Crippen LogP contribution in [0.1, 0.15) is 38.8 Å². The predicted molar refractivity (Wildman–Crippen MR) is 122 cm³/mol. The van der Waals surface area contributed by atoms with Gasteiger partial charge in [-0.1, -0.05) is 42.5 Å². The Balaban J connectivity index is 2.30. The number of carbonyl (C=O) groups excluding carboxylic acids is 3. The second kappa shape index (κ2) is 12.0. The minimum Gasteiger partial charge on any atom is -0.465 e. The van der Waals surface area contributed by atoms with Crippen molar-refractivity contribution < 1.29 is 28.2 Å². The van der Waals surface area contributed by atoms with Crippen LogP contribution in [-0.4, -0.2) is 47.7 Å². The third kappa shape index (κ3) is 9.31. The van der Waals surface area contributed by atoms with Crippen molar-refractivity contribution in [3.05, 3.63) is 71.5 Å². The summed E-state index contributed by atoms with van der Waals surface area (Å²) in [4.78, 5) is 39.5. The average Bonchev–Trinajstić information content (AvgIpc) is 2.73. The van der Waals surface area contributed by atoms with Crippen LogP contribution in [0, 0.1) is 5.82 Å². The lowest BCUT2D eigenvalue weighted by molar-refractivity contribution is -0.150. The number of nitrogens with one attached hydrogen (secondary N) is 1. The van der Waals surface area contributed by atoms with Gasteiger partial charge in [0.15, 0.2) is 0 Å². The van der Waals surface area contributed by atoms with Crippen molar-refractivity contribution in [3.8, 4) is 0 Å². The molecule has 0 unspecified atom stereocenters. The molecule has 1 atom stereocenters. The van der Waals surface area contributed by atoms with Gasteiger partial charge in [0.25, 0.3) is 0 Å². The molecule has 0 aromatic heterocycles. The zero-order chi connectivity index (χ0) is 24.4. The lowest BCUT2D eigenvalue weighted by atomic mass is 10.0. The first kappa shape index (κ1) is 25.8. The van der Waals surface area contributed by atoms with Gasteiger partial charge in [0, 0.05) is 13.0 Å². The summed E-state index contributed by atoms with van der Waals surface area (Å²) in [6, 6.07) is 13.8. The largest absolute Gasteiger partial charge is 0.465 e. The van der Waals surface area contributed by atoms with Gasteiger partial charge in [-0.3, -0.25) is 9.59 Å². The fourth-order valence-electron chi connectivity index (χ4n) is 3.10. The molecule has 0 saturated carbocycles. The molecule has 33 heavy (non-hydrogen) atoms. The molecule has 2 aromatic rings. The summed E-state index contributed by atoms with van der Waals surface area (Å²) in [7, 11) is 0. The van der Waals surface area contributed by atoms with Gasteiger partial charge in [-0.2, -0.15) is 0 Å². The van der Waals surface area contributed by atoms with Gasteiger partial charge in [0.1, 0.15) is 24.0 Å². The molecule has 0 radical (unpaired) electrons. The molecular formula is C25H31FN2O5. The highest BCUT2D eigenvalue weighted by atomic mass is 19.1. The number of benzene rings is 2. The second-order valence-corrected chi connectivity index (χ2v) is 8.51. The normalized spacial score (nSPS) is 11.9. The molecule has 0 heterocycles. The van der Waals surface area contributed by atoms with E-state index in [9.17, 15) is 18.8 Å². The molecule has 0 aliphatic rings. The van der Waals surface area contributed by atoms with Crippen molar-refractivity contribution in [2.45, 2.75) is 52.3 Å². The molecular weight excluding hydrogens is 427 g/mol. The summed E-state index contributed by atoms with van der Waals surface area (Å²) < 4.78 is 23.7. The number of nitrogens with zero attached hydrogens (tertiary/aromatic N) is 1. The highest BCUT2D eigenvalue weighted by molar-refractivity contribution is 5.88. The summed E-state index contributed by atoms with van der Waals surface area (Å²) in [6.45, 7) is 6.87. The van der Waals surface area contributed by atoms with E-state index in [1.54, 1.807) is 39.8 Å². The number of carbonyl (C=O) groups is 3. The van der Waals surface area contributed by atoms with Crippen LogP contribution in [0.15, 0.2) is 54.6 Å². The number of hydrogen-bond donors (Lipinski definition) is 1. The predicted octanol–water partition coefficient (Wildman–Crippen LogP) is 3.85. The molecule has 0 aliphatic carbocycles. The summed E-state index contributed by atoms with van der Waals surface area (Å²) in [5.74, 6) is -1.45. The third-order valence-electron chi connectivity index (χ3n) is 4.50. The smallest absolute Gasteiger partial charge is 0.408 e. The van der Waals surface area contributed by atoms with Crippen LogP contribution in [-0.2, 0) is 32.0 Å². The number of esters is 1. The number of rotatable bonds is 9. The van der Waals surface area contributed by atoms with Crippen molar-refractivity contribution in [1.29, 1.82) is 0 Å². The van der Waals surface area contributed by atoms with Crippen molar-refractivity contribution in [2.24, 2.45) is 0 Å². The summed E-state index contributed by atoms with van der Waals surface area (Å²) in [6.07, 6.45) is -0.675. The van der Waals surface area contributed by atoms with Crippen LogP contribution in [0.2, 0.25) is 0 Å². The molecule has 2 rings (SSSR count). The van der Waals surface area contributed by atoms with Crippen molar-refractivity contribution in [3.63, 3.8) is 0 Å². The van der Waals surface area contributed by atoms with Gasteiger partial charge in [-0.25, -0.2) is 9.18 Å². The van der Waals surface area contributed by atoms with Gasteiger partial charge < -0.3 is 19.7 Å². The molecule has 1 N–H and O–H groups in total. The van der Waals surface area contributed by atoms with Crippen LogP contribution >= 0.6 is 0 Å². The minimum absolute atomic E-state index is 0.0898. The van der Waals surface area contributed by atoms with E-state index in [1.165, 1.54) is 17.0 Å². The quantitative estimate of drug-likeness (QED) is 0.577.